The van der Waals surface area contributed by atoms with Crippen molar-refractivity contribution in [3.05, 3.63) is 34.1 Å². The Hall–Kier alpha value is -0.490. The number of aliphatic hydroxyl groups is 2. The van der Waals surface area contributed by atoms with Gasteiger partial charge in [0, 0.05) is 17.6 Å². The molecule has 0 aromatic heterocycles. The van der Waals surface area contributed by atoms with E-state index in [-0.39, 0.29) is 12.4 Å². The van der Waals surface area contributed by atoms with Crippen LogP contribution in [0, 0.1) is 5.82 Å². The van der Waals surface area contributed by atoms with E-state index in [0.29, 0.717) is 17.6 Å². The van der Waals surface area contributed by atoms with Gasteiger partial charge in [-0.3, -0.25) is 0 Å². The van der Waals surface area contributed by atoms with E-state index in [2.05, 4.69) is 21.2 Å². The maximum Gasteiger partial charge on any atom is 0.124 e. The number of aliphatic hydroxyl groups excluding tert-OH is 2. The number of nitrogens with one attached hydrogen (secondary N) is 1. The van der Waals surface area contributed by atoms with Gasteiger partial charge in [-0.15, -0.1) is 0 Å². The summed E-state index contributed by atoms with van der Waals surface area (Å²) in [7, 11) is 0. The van der Waals surface area contributed by atoms with Gasteiger partial charge in [-0.2, -0.15) is 0 Å². The van der Waals surface area contributed by atoms with Crippen LogP contribution in [-0.4, -0.2) is 29.5 Å². The Balaban J connectivity index is 2.44. The Labute approximate surface area is 96.1 Å². The lowest BCUT2D eigenvalue weighted by Gasteiger charge is -2.09. The SMILES string of the molecule is OCC(O)CNCc1ccc(F)cc1Br. The Morgan fingerprint density at radius 3 is 2.80 bits per heavy atom. The lowest BCUT2D eigenvalue weighted by atomic mass is 10.2. The van der Waals surface area contributed by atoms with Crippen molar-refractivity contribution in [2.24, 2.45) is 0 Å². The molecule has 0 spiro atoms. The molecule has 1 aromatic rings. The van der Waals surface area contributed by atoms with E-state index in [1.165, 1.54) is 12.1 Å². The van der Waals surface area contributed by atoms with E-state index in [0.717, 1.165) is 5.56 Å². The zero-order valence-corrected chi connectivity index (χ0v) is 9.67. The molecule has 15 heavy (non-hydrogen) atoms. The first kappa shape index (κ1) is 12.6. The first-order valence-corrected chi connectivity index (χ1v) is 5.36. The highest BCUT2D eigenvalue weighted by Gasteiger charge is 2.03. The van der Waals surface area contributed by atoms with Crippen molar-refractivity contribution in [1.82, 2.24) is 5.32 Å². The minimum Gasteiger partial charge on any atom is -0.394 e. The fourth-order valence-electron chi connectivity index (χ4n) is 1.10. The molecule has 0 saturated heterocycles. The maximum atomic E-state index is 12.7. The fourth-order valence-corrected chi connectivity index (χ4v) is 1.59. The van der Waals surface area contributed by atoms with Crippen LogP contribution < -0.4 is 5.32 Å². The molecule has 0 bridgehead atoms. The second kappa shape index (κ2) is 6.17. The minimum atomic E-state index is -0.760. The molecule has 0 aliphatic rings. The largest absolute Gasteiger partial charge is 0.394 e. The average molecular weight is 278 g/mol. The fraction of sp³-hybridized carbons (Fsp3) is 0.400. The lowest BCUT2D eigenvalue weighted by Crippen LogP contribution is -2.29. The van der Waals surface area contributed by atoms with Crippen molar-refractivity contribution in [2.45, 2.75) is 12.6 Å². The monoisotopic (exact) mass is 277 g/mol. The summed E-state index contributed by atoms with van der Waals surface area (Å²) < 4.78 is 13.4. The Kier molecular flexibility index (Phi) is 5.17. The van der Waals surface area contributed by atoms with Gasteiger partial charge in [-0.05, 0) is 17.7 Å². The quantitative estimate of drug-likeness (QED) is 0.754. The van der Waals surface area contributed by atoms with Gasteiger partial charge >= 0.3 is 0 Å². The van der Waals surface area contributed by atoms with Gasteiger partial charge in [0.2, 0.25) is 0 Å². The van der Waals surface area contributed by atoms with E-state index in [4.69, 9.17) is 10.2 Å². The maximum absolute atomic E-state index is 12.7. The Morgan fingerprint density at radius 1 is 1.47 bits per heavy atom. The summed E-state index contributed by atoms with van der Waals surface area (Å²) in [5.41, 5.74) is 0.904. The Morgan fingerprint density at radius 2 is 2.20 bits per heavy atom. The van der Waals surface area contributed by atoms with E-state index >= 15 is 0 Å². The zero-order valence-electron chi connectivity index (χ0n) is 8.08. The van der Waals surface area contributed by atoms with Crippen molar-refractivity contribution in [3.8, 4) is 0 Å². The predicted molar refractivity (Wildman–Crippen MR) is 58.9 cm³/mol. The number of benzene rings is 1. The van der Waals surface area contributed by atoms with Gasteiger partial charge < -0.3 is 15.5 Å². The summed E-state index contributed by atoms with van der Waals surface area (Å²) in [5.74, 6) is -0.291. The molecule has 1 rings (SSSR count). The highest BCUT2D eigenvalue weighted by Crippen LogP contribution is 2.17. The van der Waals surface area contributed by atoms with Crippen LogP contribution in [0.15, 0.2) is 22.7 Å². The Bertz CT molecular complexity index is 322. The lowest BCUT2D eigenvalue weighted by molar-refractivity contribution is 0.0942. The molecule has 0 amide bonds. The van der Waals surface area contributed by atoms with Crippen LogP contribution in [0.4, 0.5) is 4.39 Å². The van der Waals surface area contributed by atoms with Crippen molar-refractivity contribution >= 4 is 15.9 Å². The summed E-state index contributed by atoms with van der Waals surface area (Å²) in [6.45, 7) is 0.551. The van der Waals surface area contributed by atoms with Gasteiger partial charge in [0.25, 0.3) is 0 Å². The standard InChI is InChI=1S/C10H13BrFNO2/c11-10-3-8(12)2-1-7(10)4-13-5-9(15)6-14/h1-3,9,13-15H,4-6H2. The molecule has 0 aliphatic carbocycles. The van der Waals surface area contributed by atoms with E-state index in [1.807, 2.05) is 0 Å². The molecule has 3 nitrogen and oxygen atoms in total. The van der Waals surface area contributed by atoms with E-state index < -0.39 is 6.10 Å². The number of hydrogen-bond acceptors (Lipinski definition) is 3. The van der Waals surface area contributed by atoms with Gasteiger partial charge in [-0.25, -0.2) is 4.39 Å². The third kappa shape index (κ3) is 4.25. The van der Waals surface area contributed by atoms with Crippen molar-refractivity contribution in [3.63, 3.8) is 0 Å². The van der Waals surface area contributed by atoms with Gasteiger partial charge in [-0.1, -0.05) is 22.0 Å². The summed E-state index contributed by atoms with van der Waals surface area (Å²) in [4.78, 5) is 0. The molecular weight excluding hydrogens is 265 g/mol. The van der Waals surface area contributed by atoms with Crippen molar-refractivity contribution in [1.29, 1.82) is 0 Å². The summed E-state index contributed by atoms with van der Waals surface area (Å²) in [6.07, 6.45) is -0.760. The predicted octanol–water partition coefficient (Wildman–Crippen LogP) is 1.03. The topological polar surface area (TPSA) is 52.5 Å². The van der Waals surface area contributed by atoms with Crippen molar-refractivity contribution in [2.75, 3.05) is 13.2 Å². The molecule has 5 heteroatoms. The normalized spacial score (nSPS) is 12.8. The second-order valence-electron chi connectivity index (χ2n) is 3.20. The molecule has 0 heterocycles. The number of rotatable bonds is 5. The first-order chi connectivity index (χ1) is 7.13. The summed E-state index contributed by atoms with van der Waals surface area (Å²) >= 11 is 3.24. The highest BCUT2D eigenvalue weighted by atomic mass is 79.9. The molecule has 0 radical (unpaired) electrons. The van der Waals surface area contributed by atoms with Gasteiger partial charge in [0.05, 0.1) is 12.7 Å². The van der Waals surface area contributed by atoms with Crippen LogP contribution in [0.3, 0.4) is 0 Å². The second-order valence-corrected chi connectivity index (χ2v) is 4.06. The van der Waals surface area contributed by atoms with Crippen LogP contribution in [0.1, 0.15) is 5.56 Å². The summed E-state index contributed by atoms with van der Waals surface area (Å²) in [6, 6.07) is 4.43. The molecule has 3 N–H and O–H groups in total. The molecule has 1 atom stereocenters. The summed E-state index contributed by atoms with van der Waals surface area (Å²) in [5, 5.41) is 20.6. The molecule has 0 saturated carbocycles. The third-order valence-electron chi connectivity index (χ3n) is 1.92. The van der Waals surface area contributed by atoms with Gasteiger partial charge in [0.15, 0.2) is 0 Å². The van der Waals surface area contributed by atoms with Crippen molar-refractivity contribution < 1.29 is 14.6 Å². The highest BCUT2D eigenvalue weighted by molar-refractivity contribution is 9.10. The smallest absolute Gasteiger partial charge is 0.124 e. The number of hydrogen-bond donors (Lipinski definition) is 3. The van der Waals surface area contributed by atoms with Crippen LogP contribution in [0.25, 0.3) is 0 Å². The van der Waals surface area contributed by atoms with E-state index in [9.17, 15) is 4.39 Å². The van der Waals surface area contributed by atoms with Crippen LogP contribution in [-0.2, 0) is 6.54 Å². The molecule has 0 fully saturated rings. The van der Waals surface area contributed by atoms with Crippen LogP contribution in [0.5, 0.6) is 0 Å². The van der Waals surface area contributed by atoms with Crippen LogP contribution in [0.2, 0.25) is 0 Å². The minimum absolute atomic E-state index is 0.266. The molecule has 0 aliphatic heterocycles. The molecule has 1 aromatic carbocycles. The van der Waals surface area contributed by atoms with Crippen LogP contribution >= 0.6 is 15.9 Å². The third-order valence-corrected chi connectivity index (χ3v) is 2.66. The first-order valence-electron chi connectivity index (χ1n) is 4.57. The number of halogens is 2. The zero-order chi connectivity index (χ0) is 11.3. The molecular formula is C10H13BrFNO2. The molecule has 84 valence electrons. The average Bonchev–Trinajstić information content (AvgIpc) is 2.21. The molecule has 1 unspecified atom stereocenters. The van der Waals surface area contributed by atoms with E-state index in [1.54, 1.807) is 6.07 Å². The van der Waals surface area contributed by atoms with Gasteiger partial charge in [0.1, 0.15) is 5.82 Å².